The van der Waals surface area contributed by atoms with Crippen LogP contribution in [0.3, 0.4) is 0 Å². The standard InChI is InChI=1S/C15H22ClNO/c1-11-7-8-12(16)10-14(11)15(17)6-2-4-13-5-3-9-18-13/h7-8,10,13,15H,2-6,9,17H2,1H3. The Kier molecular flexibility index (Phi) is 5.04. The van der Waals surface area contributed by atoms with E-state index in [1.54, 1.807) is 0 Å². The molecule has 0 aromatic heterocycles. The van der Waals surface area contributed by atoms with Crippen LogP contribution in [0.25, 0.3) is 0 Å². The summed E-state index contributed by atoms with van der Waals surface area (Å²) in [5.74, 6) is 0. The summed E-state index contributed by atoms with van der Waals surface area (Å²) >= 11 is 6.02. The van der Waals surface area contributed by atoms with Gasteiger partial charge in [0.15, 0.2) is 0 Å². The van der Waals surface area contributed by atoms with Crippen molar-refractivity contribution >= 4 is 11.6 Å². The summed E-state index contributed by atoms with van der Waals surface area (Å²) in [5.41, 5.74) is 8.65. The van der Waals surface area contributed by atoms with Crippen LogP contribution in [0.2, 0.25) is 5.02 Å². The van der Waals surface area contributed by atoms with E-state index in [0.29, 0.717) is 6.10 Å². The van der Waals surface area contributed by atoms with Crippen molar-refractivity contribution in [3.63, 3.8) is 0 Å². The number of hydrogen-bond donors (Lipinski definition) is 1. The normalized spacial score (nSPS) is 21.2. The maximum Gasteiger partial charge on any atom is 0.0576 e. The molecule has 0 saturated carbocycles. The summed E-state index contributed by atoms with van der Waals surface area (Å²) in [6, 6.07) is 6.04. The molecule has 1 aliphatic rings. The average molecular weight is 268 g/mol. The molecule has 1 fully saturated rings. The van der Waals surface area contributed by atoms with E-state index in [1.165, 1.54) is 24.0 Å². The van der Waals surface area contributed by atoms with Gasteiger partial charge in [-0.1, -0.05) is 17.7 Å². The molecule has 3 heteroatoms. The Morgan fingerprint density at radius 1 is 1.50 bits per heavy atom. The molecule has 2 nitrogen and oxygen atoms in total. The Morgan fingerprint density at radius 3 is 3.06 bits per heavy atom. The first-order valence-corrected chi connectivity index (χ1v) is 7.18. The highest BCUT2D eigenvalue weighted by Crippen LogP contribution is 2.25. The summed E-state index contributed by atoms with van der Waals surface area (Å²) in [4.78, 5) is 0. The average Bonchev–Trinajstić information content (AvgIpc) is 2.85. The van der Waals surface area contributed by atoms with Gasteiger partial charge in [0.05, 0.1) is 6.10 Å². The van der Waals surface area contributed by atoms with Gasteiger partial charge in [-0.15, -0.1) is 0 Å². The molecule has 0 amide bonds. The summed E-state index contributed by atoms with van der Waals surface area (Å²) in [6.07, 6.45) is 6.15. The fourth-order valence-corrected chi connectivity index (χ4v) is 2.78. The molecule has 1 heterocycles. The van der Waals surface area contributed by atoms with Crippen molar-refractivity contribution in [1.29, 1.82) is 0 Å². The van der Waals surface area contributed by atoms with Gasteiger partial charge in [0.2, 0.25) is 0 Å². The van der Waals surface area contributed by atoms with Crippen LogP contribution in [-0.4, -0.2) is 12.7 Å². The largest absolute Gasteiger partial charge is 0.378 e. The number of nitrogens with two attached hydrogens (primary N) is 1. The second-order valence-electron chi connectivity index (χ2n) is 5.17. The highest BCUT2D eigenvalue weighted by molar-refractivity contribution is 6.30. The SMILES string of the molecule is Cc1ccc(Cl)cc1C(N)CCCC1CCCO1. The smallest absolute Gasteiger partial charge is 0.0576 e. The minimum absolute atomic E-state index is 0.0881. The first kappa shape index (κ1) is 13.9. The van der Waals surface area contributed by atoms with E-state index in [4.69, 9.17) is 22.1 Å². The topological polar surface area (TPSA) is 35.2 Å². The quantitative estimate of drug-likeness (QED) is 0.875. The van der Waals surface area contributed by atoms with E-state index in [-0.39, 0.29) is 6.04 Å². The number of benzene rings is 1. The van der Waals surface area contributed by atoms with E-state index in [9.17, 15) is 0 Å². The molecule has 0 bridgehead atoms. The van der Waals surface area contributed by atoms with Crippen LogP contribution in [0, 0.1) is 6.92 Å². The molecule has 0 spiro atoms. The summed E-state index contributed by atoms with van der Waals surface area (Å²) < 4.78 is 5.62. The molecule has 1 saturated heterocycles. The third-order valence-electron chi connectivity index (χ3n) is 3.71. The second-order valence-corrected chi connectivity index (χ2v) is 5.61. The number of ether oxygens (including phenoxy) is 1. The molecular weight excluding hydrogens is 246 g/mol. The molecule has 18 heavy (non-hydrogen) atoms. The van der Waals surface area contributed by atoms with E-state index < -0.39 is 0 Å². The lowest BCUT2D eigenvalue weighted by atomic mass is 9.96. The molecule has 2 rings (SSSR count). The predicted molar refractivity (Wildman–Crippen MR) is 75.9 cm³/mol. The molecule has 1 aromatic carbocycles. The van der Waals surface area contributed by atoms with E-state index in [2.05, 4.69) is 6.92 Å². The number of aryl methyl sites for hydroxylation is 1. The molecule has 2 atom stereocenters. The molecule has 0 radical (unpaired) electrons. The Balaban J connectivity index is 1.83. The van der Waals surface area contributed by atoms with Crippen molar-refractivity contribution in [2.75, 3.05) is 6.61 Å². The number of hydrogen-bond acceptors (Lipinski definition) is 2. The van der Waals surface area contributed by atoms with Crippen LogP contribution < -0.4 is 5.73 Å². The fraction of sp³-hybridized carbons (Fsp3) is 0.600. The number of halogens is 1. The maximum absolute atomic E-state index is 6.25. The molecule has 2 unspecified atom stereocenters. The van der Waals surface area contributed by atoms with E-state index in [1.807, 2.05) is 18.2 Å². The highest BCUT2D eigenvalue weighted by Gasteiger charge is 2.16. The van der Waals surface area contributed by atoms with Gasteiger partial charge < -0.3 is 10.5 Å². The minimum atomic E-state index is 0.0881. The first-order valence-electron chi connectivity index (χ1n) is 6.80. The first-order chi connectivity index (χ1) is 8.66. The zero-order valence-electron chi connectivity index (χ0n) is 11.0. The van der Waals surface area contributed by atoms with Crippen LogP contribution in [0.1, 0.15) is 49.3 Å². The van der Waals surface area contributed by atoms with Gasteiger partial charge in [-0.3, -0.25) is 0 Å². The van der Waals surface area contributed by atoms with Crippen molar-refractivity contribution in [3.8, 4) is 0 Å². The van der Waals surface area contributed by atoms with Crippen molar-refractivity contribution in [3.05, 3.63) is 34.3 Å². The van der Waals surface area contributed by atoms with Crippen molar-refractivity contribution < 1.29 is 4.74 Å². The summed E-state index contributed by atoms with van der Waals surface area (Å²) in [5, 5.41) is 0.769. The van der Waals surface area contributed by atoms with Crippen LogP contribution in [0.5, 0.6) is 0 Å². The third kappa shape index (κ3) is 3.71. The zero-order valence-corrected chi connectivity index (χ0v) is 11.7. The van der Waals surface area contributed by atoms with E-state index in [0.717, 1.165) is 30.9 Å². The van der Waals surface area contributed by atoms with Gasteiger partial charge in [-0.05, 0) is 62.3 Å². The fourth-order valence-electron chi connectivity index (χ4n) is 2.60. The van der Waals surface area contributed by atoms with Crippen LogP contribution >= 0.6 is 11.6 Å². The van der Waals surface area contributed by atoms with Gasteiger partial charge in [0.1, 0.15) is 0 Å². The lowest BCUT2D eigenvalue weighted by Crippen LogP contribution is -2.13. The Labute approximate surface area is 114 Å². The lowest BCUT2D eigenvalue weighted by Gasteiger charge is -2.16. The zero-order chi connectivity index (χ0) is 13.0. The van der Waals surface area contributed by atoms with Gasteiger partial charge in [0.25, 0.3) is 0 Å². The Bertz CT molecular complexity index is 388. The van der Waals surface area contributed by atoms with Crippen LogP contribution in [-0.2, 0) is 4.74 Å². The molecule has 1 aliphatic heterocycles. The van der Waals surface area contributed by atoms with Gasteiger partial charge in [0, 0.05) is 17.7 Å². The third-order valence-corrected chi connectivity index (χ3v) is 3.94. The number of rotatable bonds is 5. The lowest BCUT2D eigenvalue weighted by molar-refractivity contribution is 0.101. The van der Waals surface area contributed by atoms with Crippen molar-refractivity contribution in [2.45, 2.75) is 51.2 Å². The summed E-state index contributed by atoms with van der Waals surface area (Å²) in [7, 11) is 0. The highest BCUT2D eigenvalue weighted by atomic mass is 35.5. The van der Waals surface area contributed by atoms with Crippen molar-refractivity contribution in [1.82, 2.24) is 0 Å². The Hall–Kier alpha value is -0.570. The maximum atomic E-state index is 6.25. The minimum Gasteiger partial charge on any atom is -0.378 e. The van der Waals surface area contributed by atoms with Crippen LogP contribution in [0.15, 0.2) is 18.2 Å². The molecule has 0 aliphatic carbocycles. The monoisotopic (exact) mass is 267 g/mol. The van der Waals surface area contributed by atoms with Crippen LogP contribution in [0.4, 0.5) is 0 Å². The second kappa shape index (κ2) is 6.55. The Morgan fingerprint density at radius 2 is 2.33 bits per heavy atom. The molecule has 2 N–H and O–H groups in total. The predicted octanol–water partition coefficient (Wildman–Crippen LogP) is 4.00. The molecule has 100 valence electrons. The van der Waals surface area contributed by atoms with Gasteiger partial charge >= 0.3 is 0 Å². The molecular formula is C15H22ClNO. The van der Waals surface area contributed by atoms with E-state index >= 15 is 0 Å². The summed E-state index contributed by atoms with van der Waals surface area (Å²) in [6.45, 7) is 3.02. The van der Waals surface area contributed by atoms with Gasteiger partial charge in [-0.2, -0.15) is 0 Å². The van der Waals surface area contributed by atoms with Crippen molar-refractivity contribution in [2.24, 2.45) is 5.73 Å². The van der Waals surface area contributed by atoms with Gasteiger partial charge in [-0.25, -0.2) is 0 Å². The molecule has 1 aromatic rings.